The fourth-order valence-electron chi connectivity index (χ4n) is 1.76. The van der Waals surface area contributed by atoms with Crippen LogP contribution in [0.15, 0.2) is 48.7 Å². The van der Waals surface area contributed by atoms with Crippen molar-refractivity contribution in [2.45, 2.75) is 0 Å². The van der Waals surface area contributed by atoms with Crippen molar-refractivity contribution in [3.05, 3.63) is 53.7 Å². The normalized spacial score (nSPS) is 10.4. The molecule has 0 aliphatic heterocycles. The zero-order valence-corrected chi connectivity index (χ0v) is 11.1. The van der Waals surface area contributed by atoms with Crippen LogP contribution in [0.5, 0.6) is 0 Å². The fourth-order valence-corrected chi connectivity index (χ4v) is 1.97. The molecule has 3 aromatic rings. The van der Waals surface area contributed by atoms with Crippen molar-refractivity contribution in [3.8, 4) is 22.9 Å². The molecule has 5 nitrogen and oxygen atoms in total. The molecule has 0 aliphatic rings. The zero-order chi connectivity index (χ0) is 13.9. The molecule has 0 atom stereocenters. The summed E-state index contributed by atoms with van der Waals surface area (Å²) in [5.41, 5.74) is 7.09. The Morgan fingerprint density at radius 1 is 0.850 bits per heavy atom. The molecule has 0 amide bonds. The summed E-state index contributed by atoms with van der Waals surface area (Å²) in [6, 6.07) is 13.0. The summed E-state index contributed by atoms with van der Waals surface area (Å²) in [7, 11) is 0. The summed E-state index contributed by atoms with van der Waals surface area (Å²) < 4.78 is 0. The fraction of sp³-hybridized carbons (Fsp3) is 0. The van der Waals surface area contributed by atoms with E-state index in [1.807, 2.05) is 30.3 Å². The molecule has 20 heavy (non-hydrogen) atoms. The lowest BCUT2D eigenvalue weighted by Gasteiger charge is -2.05. The smallest absolute Gasteiger partial charge is 0.224 e. The second kappa shape index (κ2) is 5.22. The minimum atomic E-state index is 0.135. The number of rotatable bonds is 2. The number of aromatic nitrogens is 4. The van der Waals surface area contributed by atoms with Crippen molar-refractivity contribution < 1.29 is 0 Å². The van der Waals surface area contributed by atoms with Gasteiger partial charge in [-0.2, -0.15) is 9.97 Å². The molecule has 0 saturated carbocycles. The number of pyridine rings is 1. The van der Waals surface area contributed by atoms with Crippen LogP contribution in [0.2, 0.25) is 5.02 Å². The topological polar surface area (TPSA) is 77.6 Å². The van der Waals surface area contributed by atoms with E-state index in [4.69, 9.17) is 17.3 Å². The maximum Gasteiger partial charge on any atom is 0.224 e. The first kappa shape index (κ1) is 12.5. The average molecular weight is 284 g/mol. The van der Waals surface area contributed by atoms with Crippen LogP contribution >= 0.6 is 11.6 Å². The molecule has 1 aromatic carbocycles. The van der Waals surface area contributed by atoms with Gasteiger partial charge >= 0.3 is 0 Å². The molecule has 3 rings (SSSR count). The molecular formula is C14H10ClN5. The Kier molecular flexibility index (Phi) is 3.26. The van der Waals surface area contributed by atoms with Crippen LogP contribution in [0.4, 0.5) is 5.95 Å². The molecule has 0 bridgehead atoms. The van der Waals surface area contributed by atoms with Crippen LogP contribution in [0, 0.1) is 0 Å². The Morgan fingerprint density at radius 3 is 2.35 bits per heavy atom. The minimum Gasteiger partial charge on any atom is -0.368 e. The van der Waals surface area contributed by atoms with E-state index in [-0.39, 0.29) is 5.95 Å². The number of nitrogen functional groups attached to an aromatic ring is 1. The lowest BCUT2D eigenvalue weighted by atomic mass is 10.2. The lowest BCUT2D eigenvalue weighted by Crippen LogP contribution is -2.03. The Labute approximate surface area is 120 Å². The molecule has 0 fully saturated rings. The SMILES string of the molecule is Nc1nc(-c2ccccc2)nc(-c2ncccc2Cl)n1. The van der Waals surface area contributed by atoms with Crippen LogP contribution in [-0.2, 0) is 0 Å². The third-order valence-corrected chi connectivity index (χ3v) is 2.96. The number of benzene rings is 1. The molecule has 0 radical (unpaired) electrons. The summed E-state index contributed by atoms with van der Waals surface area (Å²) >= 11 is 6.11. The van der Waals surface area contributed by atoms with E-state index in [1.54, 1.807) is 18.3 Å². The highest BCUT2D eigenvalue weighted by Crippen LogP contribution is 2.24. The molecule has 2 heterocycles. The minimum absolute atomic E-state index is 0.135. The van der Waals surface area contributed by atoms with Crippen molar-refractivity contribution in [2.24, 2.45) is 0 Å². The van der Waals surface area contributed by atoms with Gasteiger partial charge in [-0.15, -0.1) is 0 Å². The first-order valence-electron chi connectivity index (χ1n) is 5.92. The number of nitrogens with zero attached hydrogens (tertiary/aromatic N) is 4. The molecule has 0 unspecified atom stereocenters. The van der Waals surface area contributed by atoms with Crippen LogP contribution in [0.25, 0.3) is 22.9 Å². The summed E-state index contributed by atoms with van der Waals surface area (Å²) in [5.74, 6) is 0.993. The van der Waals surface area contributed by atoms with Crippen molar-refractivity contribution in [2.75, 3.05) is 5.73 Å². The molecule has 0 aliphatic carbocycles. The molecular weight excluding hydrogens is 274 g/mol. The van der Waals surface area contributed by atoms with Gasteiger partial charge in [0.1, 0.15) is 5.69 Å². The summed E-state index contributed by atoms with van der Waals surface area (Å²) in [4.78, 5) is 16.8. The Balaban J connectivity index is 2.15. The molecule has 2 N–H and O–H groups in total. The monoisotopic (exact) mass is 283 g/mol. The summed E-state index contributed by atoms with van der Waals surface area (Å²) in [6.07, 6.45) is 1.63. The van der Waals surface area contributed by atoms with Gasteiger partial charge in [0, 0.05) is 11.8 Å². The van der Waals surface area contributed by atoms with Crippen molar-refractivity contribution in [1.29, 1.82) is 0 Å². The lowest BCUT2D eigenvalue weighted by molar-refractivity contribution is 1.06. The van der Waals surface area contributed by atoms with Crippen LogP contribution in [0.1, 0.15) is 0 Å². The predicted octanol–water partition coefficient (Wildman–Crippen LogP) is 2.84. The van der Waals surface area contributed by atoms with Crippen LogP contribution in [0.3, 0.4) is 0 Å². The maximum absolute atomic E-state index is 6.11. The number of hydrogen-bond acceptors (Lipinski definition) is 5. The van der Waals surface area contributed by atoms with Crippen LogP contribution < -0.4 is 5.73 Å². The highest BCUT2D eigenvalue weighted by molar-refractivity contribution is 6.32. The van der Waals surface area contributed by atoms with Gasteiger partial charge in [0.15, 0.2) is 11.6 Å². The predicted molar refractivity (Wildman–Crippen MR) is 77.9 cm³/mol. The third kappa shape index (κ3) is 2.44. The van der Waals surface area contributed by atoms with Crippen LogP contribution in [-0.4, -0.2) is 19.9 Å². The third-order valence-electron chi connectivity index (χ3n) is 2.65. The summed E-state index contributed by atoms with van der Waals surface area (Å²) in [5, 5.41) is 0.470. The van der Waals surface area contributed by atoms with Gasteiger partial charge in [0.05, 0.1) is 5.02 Å². The quantitative estimate of drug-likeness (QED) is 0.782. The van der Waals surface area contributed by atoms with E-state index >= 15 is 0 Å². The molecule has 0 saturated heterocycles. The number of anilines is 1. The van der Waals surface area contributed by atoms with Gasteiger partial charge in [-0.05, 0) is 12.1 Å². The Bertz CT molecular complexity index is 746. The van der Waals surface area contributed by atoms with Crippen molar-refractivity contribution in [1.82, 2.24) is 19.9 Å². The second-order valence-corrected chi connectivity index (χ2v) is 4.45. The molecule has 6 heteroatoms. The Hall–Kier alpha value is -2.53. The van der Waals surface area contributed by atoms with Gasteiger partial charge in [0.25, 0.3) is 0 Å². The maximum atomic E-state index is 6.11. The van der Waals surface area contributed by atoms with Gasteiger partial charge in [-0.3, -0.25) is 4.98 Å². The van der Waals surface area contributed by atoms with Crippen molar-refractivity contribution in [3.63, 3.8) is 0 Å². The highest BCUT2D eigenvalue weighted by Gasteiger charge is 2.12. The van der Waals surface area contributed by atoms with E-state index in [0.29, 0.717) is 22.4 Å². The second-order valence-electron chi connectivity index (χ2n) is 4.04. The van der Waals surface area contributed by atoms with Gasteiger partial charge in [-0.25, -0.2) is 4.98 Å². The number of halogens is 1. The standard InChI is InChI=1S/C14H10ClN5/c15-10-7-4-8-17-11(10)13-18-12(19-14(16)20-13)9-5-2-1-3-6-9/h1-8H,(H2,16,18,19,20). The first-order valence-corrected chi connectivity index (χ1v) is 6.30. The first-order chi connectivity index (χ1) is 9.74. The number of hydrogen-bond donors (Lipinski definition) is 1. The Morgan fingerprint density at radius 2 is 1.60 bits per heavy atom. The molecule has 0 spiro atoms. The van der Waals surface area contributed by atoms with E-state index in [2.05, 4.69) is 19.9 Å². The van der Waals surface area contributed by atoms with Gasteiger partial charge < -0.3 is 5.73 Å². The largest absolute Gasteiger partial charge is 0.368 e. The van der Waals surface area contributed by atoms with E-state index in [1.165, 1.54) is 0 Å². The molecule has 98 valence electrons. The highest BCUT2D eigenvalue weighted by atomic mass is 35.5. The summed E-state index contributed by atoms with van der Waals surface area (Å²) in [6.45, 7) is 0. The van der Waals surface area contributed by atoms with E-state index < -0.39 is 0 Å². The van der Waals surface area contributed by atoms with E-state index in [0.717, 1.165) is 5.56 Å². The van der Waals surface area contributed by atoms with Gasteiger partial charge in [-0.1, -0.05) is 41.9 Å². The number of nitrogens with two attached hydrogens (primary N) is 1. The van der Waals surface area contributed by atoms with E-state index in [9.17, 15) is 0 Å². The molecule has 2 aromatic heterocycles. The van der Waals surface area contributed by atoms with Crippen molar-refractivity contribution >= 4 is 17.5 Å². The average Bonchev–Trinajstić information content (AvgIpc) is 2.48. The van der Waals surface area contributed by atoms with Gasteiger partial charge in [0.2, 0.25) is 5.95 Å². The zero-order valence-electron chi connectivity index (χ0n) is 10.4.